The van der Waals surface area contributed by atoms with Crippen LogP contribution in [0.15, 0.2) is 24.3 Å². The van der Waals surface area contributed by atoms with Crippen LogP contribution in [0.3, 0.4) is 0 Å². The summed E-state index contributed by atoms with van der Waals surface area (Å²) in [6.07, 6.45) is 1.10. The van der Waals surface area contributed by atoms with Gasteiger partial charge < -0.3 is 10.6 Å². The Bertz CT molecular complexity index is 342. The van der Waals surface area contributed by atoms with Crippen LogP contribution < -0.4 is 10.6 Å². The first-order valence-corrected chi connectivity index (χ1v) is 5.86. The van der Waals surface area contributed by atoms with E-state index >= 15 is 0 Å². The minimum Gasteiger partial charge on any atom is -0.351 e. The van der Waals surface area contributed by atoms with Crippen molar-refractivity contribution in [1.82, 2.24) is 10.6 Å². The molecule has 2 N–H and O–H groups in total. The summed E-state index contributed by atoms with van der Waals surface area (Å²) in [6.45, 7) is 4.51. The van der Waals surface area contributed by atoms with Crippen molar-refractivity contribution in [3.8, 4) is 0 Å². The van der Waals surface area contributed by atoms with Crippen LogP contribution in [0.4, 0.5) is 0 Å². The number of hydrogen-bond acceptors (Lipinski definition) is 2. The Morgan fingerprint density at radius 3 is 2.81 bits per heavy atom. The molecule has 0 saturated carbocycles. The lowest BCUT2D eigenvalue weighted by Crippen LogP contribution is -2.32. The van der Waals surface area contributed by atoms with E-state index in [0.717, 1.165) is 19.5 Å². The SMILES string of the molecule is CCCNCCNC(=O)c1cccc(Cl)c1. The molecular weight excluding hydrogens is 224 g/mol. The molecule has 88 valence electrons. The Hall–Kier alpha value is -1.06. The third-order valence-corrected chi connectivity index (χ3v) is 2.34. The van der Waals surface area contributed by atoms with E-state index in [1.807, 2.05) is 0 Å². The Balaban J connectivity index is 2.30. The van der Waals surface area contributed by atoms with Gasteiger partial charge in [0.2, 0.25) is 0 Å². The van der Waals surface area contributed by atoms with Gasteiger partial charge in [-0.05, 0) is 31.2 Å². The average Bonchev–Trinajstić information content (AvgIpc) is 2.28. The molecule has 16 heavy (non-hydrogen) atoms. The van der Waals surface area contributed by atoms with Crippen molar-refractivity contribution in [2.24, 2.45) is 0 Å². The molecule has 0 heterocycles. The van der Waals surface area contributed by atoms with E-state index in [-0.39, 0.29) is 5.91 Å². The van der Waals surface area contributed by atoms with Crippen molar-refractivity contribution in [2.45, 2.75) is 13.3 Å². The molecule has 1 amide bonds. The molecule has 0 aromatic heterocycles. The van der Waals surface area contributed by atoms with Crippen LogP contribution in [0.1, 0.15) is 23.7 Å². The van der Waals surface area contributed by atoms with E-state index in [4.69, 9.17) is 11.6 Å². The minimum atomic E-state index is -0.0826. The Morgan fingerprint density at radius 1 is 1.31 bits per heavy atom. The summed E-state index contributed by atoms with van der Waals surface area (Å²) in [4.78, 5) is 11.6. The van der Waals surface area contributed by atoms with Crippen LogP contribution in [0.25, 0.3) is 0 Å². The van der Waals surface area contributed by atoms with Crippen LogP contribution in [-0.2, 0) is 0 Å². The van der Waals surface area contributed by atoms with E-state index in [9.17, 15) is 4.79 Å². The molecule has 0 radical (unpaired) electrons. The second-order valence-electron chi connectivity index (χ2n) is 3.52. The first kappa shape index (κ1) is 13.0. The highest BCUT2D eigenvalue weighted by atomic mass is 35.5. The quantitative estimate of drug-likeness (QED) is 0.748. The number of hydrogen-bond donors (Lipinski definition) is 2. The van der Waals surface area contributed by atoms with Gasteiger partial charge in [0.15, 0.2) is 0 Å². The van der Waals surface area contributed by atoms with Gasteiger partial charge >= 0.3 is 0 Å². The number of halogens is 1. The Labute approximate surface area is 101 Å². The summed E-state index contributed by atoms with van der Waals surface area (Å²) in [5.41, 5.74) is 0.600. The van der Waals surface area contributed by atoms with Crippen LogP contribution in [0.5, 0.6) is 0 Å². The van der Waals surface area contributed by atoms with Crippen LogP contribution in [0, 0.1) is 0 Å². The molecule has 0 bridgehead atoms. The summed E-state index contributed by atoms with van der Waals surface area (Å²) in [6, 6.07) is 6.94. The minimum absolute atomic E-state index is 0.0826. The number of nitrogens with one attached hydrogen (secondary N) is 2. The van der Waals surface area contributed by atoms with Crippen LogP contribution in [0.2, 0.25) is 5.02 Å². The lowest BCUT2D eigenvalue weighted by molar-refractivity contribution is 0.0954. The zero-order valence-corrected chi connectivity index (χ0v) is 10.2. The molecule has 1 aromatic carbocycles. The molecule has 0 aliphatic rings. The molecule has 0 saturated heterocycles. The first-order valence-electron chi connectivity index (χ1n) is 5.48. The number of carbonyl (C=O) groups is 1. The van der Waals surface area contributed by atoms with Crippen molar-refractivity contribution in [3.63, 3.8) is 0 Å². The first-order chi connectivity index (χ1) is 7.74. The fourth-order valence-corrected chi connectivity index (χ4v) is 1.49. The van der Waals surface area contributed by atoms with Crippen molar-refractivity contribution in [3.05, 3.63) is 34.9 Å². The standard InChI is InChI=1S/C12H17ClN2O/c1-2-6-14-7-8-15-12(16)10-4-3-5-11(13)9-10/h3-5,9,14H,2,6-8H2,1H3,(H,15,16). The number of rotatable bonds is 6. The molecule has 0 atom stereocenters. The maximum Gasteiger partial charge on any atom is 0.251 e. The van der Waals surface area contributed by atoms with Gasteiger partial charge in [-0.1, -0.05) is 24.6 Å². The lowest BCUT2D eigenvalue weighted by Gasteiger charge is -2.06. The summed E-state index contributed by atoms with van der Waals surface area (Å²) in [5, 5.41) is 6.62. The fourth-order valence-electron chi connectivity index (χ4n) is 1.30. The molecule has 0 unspecified atom stereocenters. The van der Waals surface area contributed by atoms with Crippen molar-refractivity contribution < 1.29 is 4.79 Å². The van der Waals surface area contributed by atoms with Crippen molar-refractivity contribution >= 4 is 17.5 Å². The van der Waals surface area contributed by atoms with Gasteiger partial charge in [-0.3, -0.25) is 4.79 Å². The van der Waals surface area contributed by atoms with Gasteiger partial charge in [-0.15, -0.1) is 0 Å². The molecule has 1 aromatic rings. The molecular formula is C12H17ClN2O. The molecule has 0 aliphatic heterocycles. The van der Waals surface area contributed by atoms with Gasteiger partial charge in [0.1, 0.15) is 0 Å². The highest BCUT2D eigenvalue weighted by Gasteiger charge is 2.04. The summed E-state index contributed by atoms with van der Waals surface area (Å²) in [7, 11) is 0. The number of carbonyl (C=O) groups excluding carboxylic acids is 1. The highest BCUT2D eigenvalue weighted by Crippen LogP contribution is 2.10. The maximum atomic E-state index is 11.6. The largest absolute Gasteiger partial charge is 0.351 e. The average molecular weight is 241 g/mol. The third-order valence-electron chi connectivity index (χ3n) is 2.10. The lowest BCUT2D eigenvalue weighted by atomic mass is 10.2. The molecule has 0 fully saturated rings. The van der Waals surface area contributed by atoms with Crippen LogP contribution in [-0.4, -0.2) is 25.5 Å². The summed E-state index contributed by atoms with van der Waals surface area (Å²) in [5.74, 6) is -0.0826. The summed E-state index contributed by atoms with van der Waals surface area (Å²) < 4.78 is 0. The third kappa shape index (κ3) is 4.64. The van der Waals surface area contributed by atoms with E-state index < -0.39 is 0 Å². The van der Waals surface area contributed by atoms with E-state index in [0.29, 0.717) is 17.1 Å². The van der Waals surface area contributed by atoms with E-state index in [1.165, 1.54) is 0 Å². The smallest absolute Gasteiger partial charge is 0.251 e. The molecule has 3 nitrogen and oxygen atoms in total. The van der Waals surface area contributed by atoms with Crippen molar-refractivity contribution in [1.29, 1.82) is 0 Å². The molecule has 0 aliphatic carbocycles. The normalized spacial score (nSPS) is 10.1. The van der Waals surface area contributed by atoms with Crippen LogP contribution >= 0.6 is 11.6 Å². The molecule has 0 spiro atoms. The fraction of sp³-hybridized carbons (Fsp3) is 0.417. The van der Waals surface area contributed by atoms with Gasteiger partial charge in [0.25, 0.3) is 5.91 Å². The Kier molecular flexibility index (Phi) is 5.90. The van der Waals surface area contributed by atoms with E-state index in [1.54, 1.807) is 24.3 Å². The van der Waals surface area contributed by atoms with Crippen molar-refractivity contribution in [2.75, 3.05) is 19.6 Å². The second-order valence-corrected chi connectivity index (χ2v) is 3.95. The predicted octanol–water partition coefficient (Wildman–Crippen LogP) is 2.07. The molecule has 1 rings (SSSR count). The zero-order valence-electron chi connectivity index (χ0n) is 9.42. The van der Waals surface area contributed by atoms with E-state index in [2.05, 4.69) is 17.6 Å². The van der Waals surface area contributed by atoms with Gasteiger partial charge in [-0.25, -0.2) is 0 Å². The highest BCUT2D eigenvalue weighted by molar-refractivity contribution is 6.30. The van der Waals surface area contributed by atoms with Gasteiger partial charge in [-0.2, -0.15) is 0 Å². The van der Waals surface area contributed by atoms with Gasteiger partial charge in [0, 0.05) is 23.7 Å². The molecule has 4 heteroatoms. The second kappa shape index (κ2) is 7.25. The summed E-state index contributed by atoms with van der Waals surface area (Å²) >= 11 is 5.80. The number of amides is 1. The Morgan fingerprint density at radius 2 is 2.12 bits per heavy atom. The zero-order chi connectivity index (χ0) is 11.8. The predicted molar refractivity (Wildman–Crippen MR) is 66.9 cm³/mol. The number of benzene rings is 1. The maximum absolute atomic E-state index is 11.6. The topological polar surface area (TPSA) is 41.1 Å². The van der Waals surface area contributed by atoms with Gasteiger partial charge in [0.05, 0.1) is 0 Å². The monoisotopic (exact) mass is 240 g/mol.